The van der Waals surface area contributed by atoms with E-state index in [4.69, 9.17) is 5.73 Å². The minimum Gasteiger partial charge on any atom is -0.399 e. The summed E-state index contributed by atoms with van der Waals surface area (Å²) in [6.07, 6.45) is -2.36. The van der Waals surface area contributed by atoms with Gasteiger partial charge in [-0.15, -0.1) is 0 Å². The summed E-state index contributed by atoms with van der Waals surface area (Å²) in [5, 5.41) is 2.59. The molecule has 0 saturated heterocycles. The zero-order chi connectivity index (χ0) is 25.3. The van der Waals surface area contributed by atoms with Gasteiger partial charge >= 0.3 is 6.18 Å². The van der Waals surface area contributed by atoms with Crippen LogP contribution < -0.4 is 21.3 Å². The number of alkyl halides is 3. The van der Waals surface area contributed by atoms with Crippen LogP contribution in [0.25, 0.3) is 5.69 Å². The lowest BCUT2D eigenvalue weighted by atomic mass is 10.0. The lowest BCUT2D eigenvalue weighted by Crippen LogP contribution is -2.28. The Morgan fingerprint density at radius 2 is 1.79 bits per heavy atom. The van der Waals surface area contributed by atoms with Crippen molar-refractivity contribution in [1.29, 1.82) is 0 Å². The number of sulfonamides is 1. The normalized spacial score (nSPS) is 12.7. The Morgan fingerprint density at radius 3 is 2.44 bits per heavy atom. The number of carbonyl (C=O) groups is 1. The van der Waals surface area contributed by atoms with Crippen molar-refractivity contribution in [3.8, 4) is 5.69 Å². The minimum absolute atomic E-state index is 0.0628. The van der Waals surface area contributed by atoms with E-state index in [1.54, 1.807) is 6.07 Å². The van der Waals surface area contributed by atoms with E-state index in [2.05, 4.69) is 10.0 Å². The van der Waals surface area contributed by atoms with Crippen LogP contribution in [0.5, 0.6) is 0 Å². The first-order valence-corrected chi connectivity index (χ1v) is 11.7. The zero-order valence-electron chi connectivity index (χ0n) is 18.1. The molecule has 180 valence electrons. The molecule has 0 aliphatic heterocycles. The van der Waals surface area contributed by atoms with E-state index in [-0.39, 0.29) is 22.5 Å². The van der Waals surface area contributed by atoms with Crippen molar-refractivity contribution in [1.82, 2.24) is 9.88 Å². The summed E-state index contributed by atoms with van der Waals surface area (Å²) in [5.41, 5.74) is 4.83. The molecule has 0 bridgehead atoms. The smallest absolute Gasteiger partial charge is 0.399 e. The van der Waals surface area contributed by atoms with Crippen LogP contribution >= 0.6 is 0 Å². The van der Waals surface area contributed by atoms with Gasteiger partial charge in [0.05, 0.1) is 34.8 Å². The molecule has 0 fully saturated rings. The maximum atomic E-state index is 13.1. The molecule has 1 amide bonds. The molecule has 1 aromatic heterocycles. The second-order valence-corrected chi connectivity index (χ2v) is 9.38. The molecule has 34 heavy (non-hydrogen) atoms. The van der Waals surface area contributed by atoms with Crippen LogP contribution in [-0.2, 0) is 16.2 Å². The van der Waals surface area contributed by atoms with Gasteiger partial charge < -0.3 is 11.1 Å². The van der Waals surface area contributed by atoms with Crippen molar-refractivity contribution in [3.63, 3.8) is 0 Å². The molecule has 0 spiro atoms. The molecule has 3 aromatic rings. The van der Waals surface area contributed by atoms with Gasteiger partial charge in [-0.3, -0.25) is 18.9 Å². The summed E-state index contributed by atoms with van der Waals surface area (Å²) in [6, 6.07) is 10.6. The third-order valence-corrected chi connectivity index (χ3v) is 5.36. The van der Waals surface area contributed by atoms with Gasteiger partial charge in [0.25, 0.3) is 11.5 Å². The number of amides is 1. The Morgan fingerprint density at radius 1 is 1.09 bits per heavy atom. The molecule has 1 atom stereocenters. The van der Waals surface area contributed by atoms with Gasteiger partial charge in [0.2, 0.25) is 10.0 Å². The number of hydrogen-bond donors (Lipinski definition) is 3. The number of carbonyl (C=O) groups excluding carboxylic acids is 1. The second kappa shape index (κ2) is 9.21. The van der Waals surface area contributed by atoms with Crippen molar-refractivity contribution >= 4 is 27.3 Å². The minimum atomic E-state index is -4.59. The van der Waals surface area contributed by atoms with E-state index in [9.17, 15) is 31.2 Å². The number of benzene rings is 2. The molecule has 2 aromatic carbocycles. The van der Waals surface area contributed by atoms with Crippen molar-refractivity contribution in [3.05, 3.63) is 87.8 Å². The number of nitrogen functional groups attached to an aromatic ring is 1. The molecule has 8 nitrogen and oxygen atoms in total. The third kappa shape index (κ3) is 6.16. The van der Waals surface area contributed by atoms with Crippen molar-refractivity contribution in [2.75, 3.05) is 16.7 Å². The fourth-order valence-corrected chi connectivity index (χ4v) is 3.77. The predicted octanol–water partition coefficient (Wildman–Crippen LogP) is 3.30. The Kier molecular flexibility index (Phi) is 6.73. The van der Waals surface area contributed by atoms with Gasteiger partial charge in [0.1, 0.15) is 0 Å². The highest BCUT2D eigenvalue weighted by atomic mass is 32.2. The van der Waals surface area contributed by atoms with E-state index in [0.29, 0.717) is 5.69 Å². The number of nitrogens with two attached hydrogens (primary N) is 1. The summed E-state index contributed by atoms with van der Waals surface area (Å²) >= 11 is 0. The molecule has 1 heterocycles. The number of aromatic nitrogens is 1. The lowest BCUT2D eigenvalue weighted by Gasteiger charge is -2.18. The van der Waals surface area contributed by atoms with Crippen LogP contribution in [0.1, 0.15) is 34.5 Å². The molecule has 0 saturated carbocycles. The van der Waals surface area contributed by atoms with Crippen molar-refractivity contribution in [2.24, 2.45) is 0 Å². The molecule has 3 rings (SSSR count). The molecular formula is C22H21F3N4O4S. The summed E-state index contributed by atoms with van der Waals surface area (Å²) in [5.74, 6) is -0.636. The first kappa shape index (κ1) is 24.8. The number of nitrogens with one attached hydrogen (secondary N) is 2. The first-order chi connectivity index (χ1) is 15.7. The van der Waals surface area contributed by atoms with Gasteiger partial charge in [-0.25, -0.2) is 8.42 Å². The first-order valence-electron chi connectivity index (χ1n) is 9.82. The Hall–Kier alpha value is -3.80. The van der Waals surface area contributed by atoms with E-state index < -0.39 is 39.3 Å². The molecule has 0 unspecified atom stereocenters. The van der Waals surface area contributed by atoms with Crippen LogP contribution in [0, 0.1) is 0 Å². The number of halogens is 3. The van der Waals surface area contributed by atoms with Crippen molar-refractivity contribution < 1.29 is 26.4 Å². The topological polar surface area (TPSA) is 123 Å². The van der Waals surface area contributed by atoms with Gasteiger partial charge in [-0.1, -0.05) is 6.07 Å². The predicted molar refractivity (Wildman–Crippen MR) is 122 cm³/mol. The van der Waals surface area contributed by atoms with Crippen molar-refractivity contribution in [2.45, 2.75) is 19.1 Å². The summed E-state index contributed by atoms with van der Waals surface area (Å²) < 4.78 is 65.7. The van der Waals surface area contributed by atoms with Crippen LogP contribution in [-0.4, -0.2) is 25.1 Å². The SMILES string of the molecule is C[C@@H](NC(=O)c1ccc(=O)n(-c2cccc(NS(C)(=O)=O)c2)c1)c1cc(N)cc(C(F)(F)F)c1. The Labute approximate surface area is 193 Å². The maximum Gasteiger partial charge on any atom is 0.416 e. The number of nitrogens with zero attached hydrogens (tertiary/aromatic N) is 1. The average Bonchev–Trinajstić information content (AvgIpc) is 2.71. The quantitative estimate of drug-likeness (QED) is 0.454. The summed E-state index contributed by atoms with van der Waals surface area (Å²) in [7, 11) is -3.54. The molecule has 0 radical (unpaired) electrons. The fraction of sp³-hybridized carbons (Fsp3) is 0.182. The molecule has 0 aliphatic carbocycles. The second-order valence-electron chi connectivity index (χ2n) is 7.63. The van der Waals surface area contributed by atoms with Crippen LogP contribution in [0.3, 0.4) is 0 Å². The van der Waals surface area contributed by atoms with Gasteiger partial charge in [-0.2, -0.15) is 13.2 Å². The zero-order valence-corrected chi connectivity index (χ0v) is 18.9. The number of pyridine rings is 1. The van der Waals surface area contributed by atoms with Gasteiger partial charge in [0, 0.05) is 18.0 Å². The Bertz CT molecular complexity index is 1400. The van der Waals surface area contributed by atoms with Crippen LogP contribution in [0.15, 0.2) is 65.6 Å². The van der Waals surface area contributed by atoms with Crippen LogP contribution in [0.2, 0.25) is 0 Å². The fourth-order valence-electron chi connectivity index (χ4n) is 3.21. The monoisotopic (exact) mass is 494 g/mol. The molecular weight excluding hydrogens is 473 g/mol. The van der Waals surface area contributed by atoms with Crippen LogP contribution in [0.4, 0.5) is 24.5 Å². The molecule has 12 heteroatoms. The highest BCUT2D eigenvalue weighted by Gasteiger charge is 2.31. The standard InChI is InChI=1S/C22H21F3N4O4S/c1-13(15-8-16(22(23,24)25)10-17(26)9-15)27-21(31)14-6-7-20(30)29(12-14)19-5-3-4-18(11-19)28-34(2,32)33/h3-13,28H,26H2,1-2H3,(H,27,31)/t13-/m1/s1. The number of hydrogen-bond acceptors (Lipinski definition) is 5. The van der Waals surface area contributed by atoms with E-state index >= 15 is 0 Å². The summed E-state index contributed by atoms with van der Waals surface area (Å²) in [4.78, 5) is 25.1. The van der Waals surface area contributed by atoms with E-state index in [1.165, 1.54) is 43.5 Å². The third-order valence-electron chi connectivity index (χ3n) is 4.75. The number of rotatable bonds is 6. The number of anilines is 2. The van der Waals surface area contributed by atoms with E-state index in [1.807, 2.05) is 0 Å². The average molecular weight is 494 g/mol. The molecule has 4 N–H and O–H groups in total. The lowest BCUT2D eigenvalue weighted by molar-refractivity contribution is -0.137. The highest BCUT2D eigenvalue weighted by Crippen LogP contribution is 2.32. The maximum absolute atomic E-state index is 13.1. The molecule has 0 aliphatic rings. The Balaban J connectivity index is 1.88. The summed E-state index contributed by atoms with van der Waals surface area (Å²) in [6.45, 7) is 1.50. The van der Waals surface area contributed by atoms with Gasteiger partial charge in [0.15, 0.2) is 0 Å². The van der Waals surface area contributed by atoms with E-state index in [0.717, 1.165) is 29.0 Å². The largest absolute Gasteiger partial charge is 0.416 e. The highest BCUT2D eigenvalue weighted by molar-refractivity contribution is 7.92. The van der Waals surface area contributed by atoms with Gasteiger partial charge in [-0.05, 0) is 55.0 Å².